The van der Waals surface area contributed by atoms with Crippen LogP contribution in [-0.2, 0) is 15.4 Å². The monoisotopic (exact) mass is 576 g/mol. The lowest BCUT2D eigenvalue weighted by Gasteiger charge is -2.20. The van der Waals surface area contributed by atoms with E-state index in [1.54, 1.807) is 0 Å². The Morgan fingerprint density at radius 2 is 1.65 bits per heavy atom. The van der Waals surface area contributed by atoms with Crippen molar-refractivity contribution in [1.82, 2.24) is 19.9 Å². The van der Waals surface area contributed by atoms with E-state index in [4.69, 9.17) is 29.3 Å². The average Bonchev–Trinajstić information content (AvgIpc) is 3.00. The number of nitrogens with zero attached hydrogens (tertiary/aromatic N) is 4. The van der Waals surface area contributed by atoms with Gasteiger partial charge in [0.1, 0.15) is 6.61 Å². The van der Waals surface area contributed by atoms with Crippen LogP contribution in [0.4, 0.5) is 5.82 Å². The third-order valence-corrected chi connectivity index (χ3v) is 6.39. The number of sulfonamides is 1. The van der Waals surface area contributed by atoms with E-state index in [9.17, 15) is 13.5 Å². The van der Waals surface area contributed by atoms with Gasteiger partial charge in [-0.3, -0.25) is 4.72 Å². The molecule has 0 saturated carbocycles. The smallest absolute Gasteiger partial charge is 0.263 e. The van der Waals surface area contributed by atoms with Gasteiger partial charge < -0.3 is 19.3 Å². The number of rotatable bonds is 11. The van der Waals surface area contributed by atoms with Crippen molar-refractivity contribution in [2.24, 2.45) is 0 Å². The molecule has 0 spiro atoms. The molecule has 0 aliphatic rings. The summed E-state index contributed by atoms with van der Waals surface area (Å²) >= 11 is 0. The SMILES string of the molecule is [2H]C([2H])(C)Oc1ccccc1Oc1c(NS(=O)(=O)c2ccc(C(C([2H])([2H])[2H])(C([2H])([2H])[2H])C([2H])([2H])[2H])cc2)nc(-c2ncccn2)nc1OCCO. The Balaban J connectivity index is 1.89. The van der Waals surface area contributed by atoms with E-state index in [0.717, 1.165) is 31.2 Å². The second kappa shape index (κ2) is 12.3. The molecule has 0 fully saturated rings. The minimum Gasteiger partial charge on any atom is -0.490 e. The molecule has 0 bridgehead atoms. The van der Waals surface area contributed by atoms with E-state index in [-0.39, 0.29) is 29.8 Å². The Bertz CT molecular complexity index is 1900. The van der Waals surface area contributed by atoms with Crippen molar-refractivity contribution in [3.05, 3.63) is 72.6 Å². The molecule has 0 aliphatic heterocycles. The van der Waals surface area contributed by atoms with Gasteiger partial charge in [0, 0.05) is 24.7 Å². The molecule has 2 aromatic carbocycles. The summed E-state index contributed by atoms with van der Waals surface area (Å²) in [5.74, 6) is -2.08. The van der Waals surface area contributed by atoms with E-state index < -0.39 is 77.1 Å². The summed E-state index contributed by atoms with van der Waals surface area (Å²) in [4.78, 5) is 16.0. The van der Waals surface area contributed by atoms with Gasteiger partial charge in [-0.1, -0.05) is 44.8 Å². The Morgan fingerprint density at radius 3 is 2.30 bits per heavy atom. The van der Waals surface area contributed by atoms with Crippen LogP contribution < -0.4 is 18.9 Å². The van der Waals surface area contributed by atoms with Gasteiger partial charge in [0.05, 0.1) is 20.8 Å². The van der Waals surface area contributed by atoms with Gasteiger partial charge in [-0.25, -0.2) is 23.4 Å². The Labute approximate surface area is 248 Å². The molecular formula is C28H31N5O6S. The molecule has 0 radical (unpaired) electrons. The number of benzene rings is 2. The van der Waals surface area contributed by atoms with Crippen LogP contribution in [0.15, 0.2) is 71.9 Å². The first-order valence-corrected chi connectivity index (χ1v) is 13.0. The van der Waals surface area contributed by atoms with Gasteiger partial charge in [-0.15, -0.1) is 0 Å². The van der Waals surface area contributed by atoms with Crippen LogP contribution in [0.5, 0.6) is 23.1 Å². The highest BCUT2D eigenvalue weighted by atomic mass is 32.2. The highest BCUT2D eigenvalue weighted by Gasteiger charge is 2.26. The first-order chi connectivity index (χ1) is 23.5. The lowest BCUT2D eigenvalue weighted by atomic mass is 9.87. The summed E-state index contributed by atoms with van der Waals surface area (Å²) in [5.41, 5.74) is -4.05. The normalized spacial score (nSPS) is 17.0. The maximum absolute atomic E-state index is 13.8. The predicted molar refractivity (Wildman–Crippen MR) is 149 cm³/mol. The number of para-hydroxylation sites is 2. The molecule has 4 rings (SSSR count). The predicted octanol–water partition coefficient (Wildman–Crippen LogP) is 4.59. The molecule has 4 aromatic rings. The molecule has 210 valence electrons. The fraction of sp³-hybridized carbons (Fsp3) is 0.286. The minimum absolute atomic E-state index is 0.0825. The van der Waals surface area contributed by atoms with Crippen molar-refractivity contribution < 1.29 is 42.8 Å². The minimum atomic E-state index is -4.75. The second-order valence-corrected chi connectivity index (χ2v) is 9.59. The third-order valence-electron chi connectivity index (χ3n) is 5.03. The summed E-state index contributed by atoms with van der Waals surface area (Å²) in [6.45, 7) is -12.6. The summed E-state index contributed by atoms with van der Waals surface area (Å²) in [7, 11) is -4.75. The van der Waals surface area contributed by atoms with Crippen molar-refractivity contribution >= 4 is 15.8 Å². The second-order valence-electron chi connectivity index (χ2n) is 7.91. The van der Waals surface area contributed by atoms with Crippen LogP contribution in [0.3, 0.4) is 0 Å². The lowest BCUT2D eigenvalue weighted by molar-refractivity contribution is 0.192. The van der Waals surface area contributed by atoms with Crippen LogP contribution in [0.25, 0.3) is 11.6 Å². The summed E-state index contributed by atoms with van der Waals surface area (Å²) < 4.78 is 134. The topological polar surface area (TPSA) is 146 Å². The van der Waals surface area contributed by atoms with E-state index in [1.165, 1.54) is 42.7 Å². The van der Waals surface area contributed by atoms with Crippen molar-refractivity contribution in [3.8, 4) is 34.8 Å². The first-order valence-electron chi connectivity index (χ1n) is 17.0. The average molecular weight is 577 g/mol. The summed E-state index contributed by atoms with van der Waals surface area (Å²) in [5, 5.41) is 9.49. The van der Waals surface area contributed by atoms with Crippen LogP contribution in [0.1, 0.15) is 48.1 Å². The number of aliphatic hydroxyl groups excluding tert-OH is 1. The molecule has 2 heterocycles. The van der Waals surface area contributed by atoms with Crippen LogP contribution in [0.2, 0.25) is 0 Å². The standard InChI is InChI=1S/C28H31N5O6S/c1-5-37-21-9-6-7-10-22(21)39-23-24(33-40(35,36)20-13-11-19(12-14-20)28(2,3)4)31-26(25-29-15-8-16-30-25)32-27(23)38-18-17-34/h6-16,34H,5,17-18H2,1-4H3,(H,31,32,33)/i2D3,3D3,4D3,5D2. The van der Waals surface area contributed by atoms with E-state index in [0.29, 0.717) is 0 Å². The van der Waals surface area contributed by atoms with Gasteiger partial charge >= 0.3 is 0 Å². The van der Waals surface area contributed by atoms with Crippen molar-refractivity contribution in [1.29, 1.82) is 0 Å². The molecule has 0 amide bonds. The maximum atomic E-state index is 13.8. The van der Waals surface area contributed by atoms with Gasteiger partial charge in [0.2, 0.25) is 11.6 Å². The van der Waals surface area contributed by atoms with Crippen molar-refractivity contribution in [3.63, 3.8) is 0 Å². The van der Waals surface area contributed by atoms with Crippen molar-refractivity contribution in [2.45, 2.75) is 37.8 Å². The van der Waals surface area contributed by atoms with Crippen LogP contribution in [0, 0.1) is 0 Å². The van der Waals surface area contributed by atoms with Gasteiger partial charge in [0.15, 0.2) is 23.1 Å². The molecule has 0 atom stereocenters. The van der Waals surface area contributed by atoms with Gasteiger partial charge in [-0.05, 0) is 48.2 Å². The van der Waals surface area contributed by atoms with Crippen LogP contribution in [-0.4, -0.2) is 53.2 Å². The summed E-state index contributed by atoms with van der Waals surface area (Å²) in [6, 6.07) is 10.5. The molecule has 12 heteroatoms. The molecule has 11 nitrogen and oxygen atoms in total. The molecule has 2 aromatic heterocycles. The van der Waals surface area contributed by atoms with Crippen LogP contribution >= 0.6 is 0 Å². The largest absolute Gasteiger partial charge is 0.490 e. The van der Waals surface area contributed by atoms with E-state index >= 15 is 0 Å². The fourth-order valence-corrected chi connectivity index (χ4v) is 4.26. The van der Waals surface area contributed by atoms with E-state index in [1.807, 2.05) is 0 Å². The molecule has 40 heavy (non-hydrogen) atoms. The Kier molecular flexibility index (Phi) is 5.34. The quantitative estimate of drug-likeness (QED) is 0.260. The van der Waals surface area contributed by atoms with E-state index in [2.05, 4.69) is 24.7 Å². The van der Waals surface area contributed by atoms with Gasteiger partial charge in [0.25, 0.3) is 15.9 Å². The molecule has 0 unspecified atom stereocenters. The molecular weight excluding hydrogens is 534 g/mol. The highest BCUT2D eigenvalue weighted by Crippen LogP contribution is 2.41. The lowest BCUT2D eigenvalue weighted by Crippen LogP contribution is -2.17. The molecule has 0 saturated heterocycles. The third kappa shape index (κ3) is 6.82. The van der Waals surface area contributed by atoms with Gasteiger partial charge in [-0.2, -0.15) is 4.98 Å². The Morgan fingerprint density at radius 1 is 0.950 bits per heavy atom. The molecule has 0 aliphatic carbocycles. The first kappa shape index (κ1) is 17.4. The number of aliphatic hydroxyl groups is 1. The number of hydrogen-bond donors (Lipinski definition) is 2. The van der Waals surface area contributed by atoms with Crippen molar-refractivity contribution in [2.75, 3.05) is 24.5 Å². The number of ether oxygens (including phenoxy) is 3. The number of nitrogens with one attached hydrogen (secondary N) is 1. The zero-order valence-electron chi connectivity index (χ0n) is 32.0. The Hall–Kier alpha value is -4.29. The highest BCUT2D eigenvalue weighted by molar-refractivity contribution is 7.92. The number of aromatic nitrogens is 4. The summed E-state index contributed by atoms with van der Waals surface area (Å²) in [6.07, 6.45) is 2.72. The number of anilines is 1. The molecule has 2 N–H and O–H groups in total. The fourth-order valence-electron chi connectivity index (χ4n) is 3.25. The maximum Gasteiger partial charge on any atom is 0.263 e. The number of hydrogen-bond acceptors (Lipinski definition) is 10. The zero-order valence-corrected chi connectivity index (χ0v) is 21.8. The zero-order chi connectivity index (χ0) is 38.0.